The molecule has 3 N–H and O–H groups in total. The first-order valence-electron chi connectivity index (χ1n) is 11.1. The second kappa shape index (κ2) is 10.4. The average molecular weight is 417 g/mol. The minimum Gasteiger partial charge on any atom is -0.358 e. The van der Waals surface area contributed by atoms with Gasteiger partial charge in [-0.2, -0.15) is 0 Å². The Bertz CT molecular complexity index is 739. The summed E-state index contributed by atoms with van der Waals surface area (Å²) >= 11 is 0. The van der Waals surface area contributed by atoms with Crippen LogP contribution in [0.1, 0.15) is 50.8 Å². The maximum atomic E-state index is 13.3. The first-order chi connectivity index (χ1) is 14.4. The minimum absolute atomic E-state index is 0.00417. The van der Waals surface area contributed by atoms with Crippen molar-refractivity contribution in [1.82, 2.24) is 20.9 Å². The molecule has 0 aromatic heterocycles. The van der Waals surface area contributed by atoms with Gasteiger partial charge in [0.15, 0.2) is 0 Å². The SMILES string of the molecule is CNC(C)CNC(C(=O)N1COCC1C(=O)NC1CCCc2ccccc21)C(C)C. The topological polar surface area (TPSA) is 82.7 Å². The fourth-order valence-corrected chi connectivity index (χ4v) is 4.24. The molecule has 1 heterocycles. The maximum absolute atomic E-state index is 13.3. The van der Waals surface area contributed by atoms with Crippen LogP contribution in [0.5, 0.6) is 0 Å². The third-order valence-electron chi connectivity index (χ3n) is 6.22. The number of fused-ring (bicyclic) bond motifs is 1. The van der Waals surface area contributed by atoms with Crippen molar-refractivity contribution in [3.8, 4) is 0 Å². The van der Waals surface area contributed by atoms with Crippen molar-refractivity contribution in [1.29, 1.82) is 0 Å². The van der Waals surface area contributed by atoms with Crippen molar-refractivity contribution in [2.24, 2.45) is 5.92 Å². The molecule has 7 nitrogen and oxygen atoms in total. The Labute approximate surface area is 179 Å². The lowest BCUT2D eigenvalue weighted by Gasteiger charge is -2.32. The summed E-state index contributed by atoms with van der Waals surface area (Å²) in [5.41, 5.74) is 2.49. The van der Waals surface area contributed by atoms with Crippen LogP contribution in [0.4, 0.5) is 0 Å². The molecule has 0 spiro atoms. The van der Waals surface area contributed by atoms with Crippen molar-refractivity contribution in [2.45, 2.75) is 64.2 Å². The minimum atomic E-state index is -0.587. The third kappa shape index (κ3) is 5.20. The van der Waals surface area contributed by atoms with Crippen LogP contribution < -0.4 is 16.0 Å². The summed E-state index contributed by atoms with van der Waals surface area (Å²) in [6, 6.07) is 7.59. The standard InChI is InChI=1S/C23H36N4O3/c1-15(2)21(25-12-16(3)24-4)23(29)27-14-30-13-20(27)22(28)26-19-11-7-9-17-8-5-6-10-18(17)19/h5-6,8,10,15-16,19-21,24-25H,7,9,11-14H2,1-4H3,(H,26,28). The summed E-state index contributed by atoms with van der Waals surface area (Å²) in [5, 5.41) is 9.72. The second-order valence-corrected chi connectivity index (χ2v) is 8.80. The smallest absolute Gasteiger partial charge is 0.245 e. The quantitative estimate of drug-likeness (QED) is 0.600. The van der Waals surface area contributed by atoms with E-state index in [1.807, 2.05) is 33.0 Å². The predicted molar refractivity (Wildman–Crippen MR) is 117 cm³/mol. The summed E-state index contributed by atoms with van der Waals surface area (Å²) in [7, 11) is 1.90. The van der Waals surface area contributed by atoms with E-state index in [9.17, 15) is 9.59 Å². The predicted octanol–water partition coefficient (Wildman–Crippen LogP) is 1.59. The van der Waals surface area contributed by atoms with Gasteiger partial charge in [0.05, 0.1) is 18.7 Å². The highest BCUT2D eigenvalue weighted by atomic mass is 16.5. The Morgan fingerprint density at radius 3 is 2.73 bits per heavy atom. The molecule has 1 aliphatic carbocycles. The van der Waals surface area contributed by atoms with Crippen LogP contribution in [0.25, 0.3) is 0 Å². The Hall–Kier alpha value is -1.96. The van der Waals surface area contributed by atoms with E-state index >= 15 is 0 Å². The number of benzene rings is 1. The molecule has 166 valence electrons. The van der Waals surface area contributed by atoms with Gasteiger partial charge in [-0.3, -0.25) is 9.59 Å². The van der Waals surface area contributed by atoms with Gasteiger partial charge in [-0.05, 0) is 50.3 Å². The van der Waals surface area contributed by atoms with Gasteiger partial charge in [0.2, 0.25) is 11.8 Å². The van der Waals surface area contributed by atoms with Crippen molar-refractivity contribution in [2.75, 3.05) is 26.9 Å². The summed E-state index contributed by atoms with van der Waals surface area (Å²) in [4.78, 5) is 28.0. The van der Waals surface area contributed by atoms with Gasteiger partial charge in [-0.15, -0.1) is 0 Å². The normalized spacial score (nSPS) is 23.2. The number of nitrogens with one attached hydrogen (secondary N) is 3. The summed E-state index contributed by atoms with van der Waals surface area (Å²) < 4.78 is 5.55. The van der Waals surface area contributed by atoms with Crippen molar-refractivity contribution in [3.05, 3.63) is 35.4 Å². The summed E-state index contributed by atoms with van der Waals surface area (Å²) in [5.74, 6) is -0.0975. The van der Waals surface area contributed by atoms with E-state index in [0.717, 1.165) is 19.3 Å². The molecule has 4 atom stereocenters. The highest BCUT2D eigenvalue weighted by Crippen LogP contribution is 2.29. The highest BCUT2D eigenvalue weighted by molar-refractivity contribution is 5.90. The van der Waals surface area contributed by atoms with E-state index in [0.29, 0.717) is 6.54 Å². The largest absolute Gasteiger partial charge is 0.358 e. The third-order valence-corrected chi connectivity index (χ3v) is 6.22. The van der Waals surface area contributed by atoms with Crippen molar-refractivity contribution >= 4 is 11.8 Å². The van der Waals surface area contributed by atoms with Gasteiger partial charge in [0.25, 0.3) is 0 Å². The van der Waals surface area contributed by atoms with Crippen LogP contribution in [0.2, 0.25) is 0 Å². The van der Waals surface area contributed by atoms with Crippen LogP contribution in [0.15, 0.2) is 24.3 Å². The molecule has 1 fully saturated rings. The van der Waals surface area contributed by atoms with Gasteiger partial charge in [0.1, 0.15) is 12.8 Å². The maximum Gasteiger partial charge on any atom is 0.245 e. The van der Waals surface area contributed by atoms with Crippen LogP contribution in [0, 0.1) is 5.92 Å². The van der Waals surface area contributed by atoms with Crippen LogP contribution in [0.3, 0.4) is 0 Å². The lowest BCUT2D eigenvalue weighted by molar-refractivity contribution is -0.141. The first kappa shape index (κ1) is 22.7. The molecule has 4 unspecified atom stereocenters. The molecule has 0 bridgehead atoms. The fraction of sp³-hybridized carbons (Fsp3) is 0.652. The number of likely N-dealkylation sites (N-methyl/N-ethyl adjacent to an activating group) is 1. The summed E-state index contributed by atoms with van der Waals surface area (Å²) in [6.07, 6.45) is 3.02. The molecule has 2 aliphatic rings. The number of carbonyl (C=O) groups excluding carboxylic acids is 2. The Morgan fingerprint density at radius 2 is 2.00 bits per heavy atom. The number of ether oxygens (including phenoxy) is 1. The number of rotatable bonds is 8. The molecule has 7 heteroatoms. The van der Waals surface area contributed by atoms with Crippen molar-refractivity contribution < 1.29 is 14.3 Å². The Morgan fingerprint density at radius 1 is 1.23 bits per heavy atom. The van der Waals surface area contributed by atoms with E-state index in [1.165, 1.54) is 11.1 Å². The van der Waals surface area contributed by atoms with Crippen LogP contribution in [-0.4, -0.2) is 61.8 Å². The molecule has 3 rings (SSSR count). The molecular formula is C23H36N4O3. The number of amides is 2. The van der Waals surface area contributed by atoms with Gasteiger partial charge < -0.3 is 25.6 Å². The van der Waals surface area contributed by atoms with E-state index in [4.69, 9.17) is 4.74 Å². The Kier molecular flexibility index (Phi) is 7.86. The van der Waals surface area contributed by atoms with E-state index in [1.54, 1.807) is 4.90 Å². The number of nitrogens with zero attached hydrogens (tertiary/aromatic N) is 1. The molecule has 1 aliphatic heterocycles. The van der Waals surface area contributed by atoms with Gasteiger partial charge in [-0.25, -0.2) is 0 Å². The van der Waals surface area contributed by atoms with Crippen LogP contribution in [-0.2, 0) is 20.7 Å². The molecule has 2 amide bonds. The first-order valence-corrected chi connectivity index (χ1v) is 11.1. The zero-order valence-electron chi connectivity index (χ0n) is 18.6. The molecule has 30 heavy (non-hydrogen) atoms. The molecule has 0 saturated carbocycles. The fourth-order valence-electron chi connectivity index (χ4n) is 4.24. The number of aryl methyl sites for hydroxylation is 1. The number of carbonyl (C=O) groups is 2. The molecule has 0 radical (unpaired) electrons. The monoisotopic (exact) mass is 416 g/mol. The second-order valence-electron chi connectivity index (χ2n) is 8.80. The average Bonchev–Trinajstić information content (AvgIpc) is 3.23. The van der Waals surface area contributed by atoms with E-state index in [-0.39, 0.29) is 49.2 Å². The molecule has 1 aromatic rings. The lowest BCUT2D eigenvalue weighted by Crippen LogP contribution is -2.56. The van der Waals surface area contributed by atoms with Crippen molar-refractivity contribution in [3.63, 3.8) is 0 Å². The van der Waals surface area contributed by atoms with Gasteiger partial charge in [-0.1, -0.05) is 38.1 Å². The zero-order valence-corrected chi connectivity index (χ0v) is 18.6. The molecular weight excluding hydrogens is 380 g/mol. The van der Waals surface area contributed by atoms with E-state index in [2.05, 4.69) is 35.0 Å². The lowest BCUT2D eigenvalue weighted by atomic mass is 9.87. The van der Waals surface area contributed by atoms with Gasteiger partial charge in [0, 0.05) is 12.6 Å². The zero-order chi connectivity index (χ0) is 21.7. The Balaban J connectivity index is 1.67. The van der Waals surface area contributed by atoms with Crippen LogP contribution >= 0.6 is 0 Å². The van der Waals surface area contributed by atoms with E-state index < -0.39 is 6.04 Å². The number of hydrogen-bond donors (Lipinski definition) is 3. The highest BCUT2D eigenvalue weighted by Gasteiger charge is 2.39. The number of hydrogen-bond acceptors (Lipinski definition) is 5. The summed E-state index contributed by atoms with van der Waals surface area (Å²) in [6.45, 7) is 7.17. The molecule has 1 aromatic carbocycles. The van der Waals surface area contributed by atoms with Gasteiger partial charge >= 0.3 is 0 Å². The molecule has 1 saturated heterocycles.